The zero-order chi connectivity index (χ0) is 14.4. The molecule has 0 radical (unpaired) electrons. The van der Waals surface area contributed by atoms with Crippen molar-refractivity contribution < 1.29 is 13.9 Å². The van der Waals surface area contributed by atoms with E-state index in [4.69, 9.17) is 4.74 Å². The second-order valence-corrected chi connectivity index (χ2v) is 5.15. The van der Waals surface area contributed by atoms with Crippen molar-refractivity contribution in [1.29, 1.82) is 0 Å². The molecular weight excluding hydrogens is 259 g/mol. The summed E-state index contributed by atoms with van der Waals surface area (Å²) in [7, 11) is 1.75. The van der Waals surface area contributed by atoms with Crippen molar-refractivity contribution in [1.82, 2.24) is 10.2 Å². The number of rotatable bonds is 5. The number of nitrogens with one attached hydrogen (secondary N) is 1. The number of hydrogen-bond donors (Lipinski definition) is 1. The Morgan fingerprint density at radius 3 is 2.65 bits per heavy atom. The van der Waals surface area contributed by atoms with Crippen molar-refractivity contribution in [2.45, 2.75) is 31.7 Å². The van der Waals surface area contributed by atoms with E-state index in [0.29, 0.717) is 24.9 Å². The number of hydrogen-bond acceptors (Lipinski definition) is 2. The smallest absolute Gasteiger partial charge is 0.317 e. The first-order chi connectivity index (χ1) is 9.65. The number of benzene rings is 1. The lowest BCUT2D eigenvalue weighted by Gasteiger charge is -2.21. The maximum absolute atomic E-state index is 12.7. The highest BCUT2D eigenvalue weighted by atomic mass is 19.1. The third kappa shape index (κ3) is 4.40. The van der Waals surface area contributed by atoms with Crippen LogP contribution < -0.4 is 10.1 Å². The molecule has 1 aromatic rings. The molecule has 2 amide bonds. The molecule has 1 aromatic carbocycles. The molecule has 0 atom stereocenters. The fraction of sp³-hybridized carbons (Fsp3) is 0.533. The average molecular weight is 280 g/mol. The van der Waals surface area contributed by atoms with Crippen molar-refractivity contribution in [3.63, 3.8) is 0 Å². The van der Waals surface area contributed by atoms with Crippen LogP contribution in [0.15, 0.2) is 24.3 Å². The van der Waals surface area contributed by atoms with Crippen molar-refractivity contribution in [2.75, 3.05) is 20.2 Å². The lowest BCUT2D eigenvalue weighted by molar-refractivity contribution is 0.192. The van der Waals surface area contributed by atoms with Gasteiger partial charge in [0.25, 0.3) is 0 Å². The molecule has 0 unspecified atom stereocenters. The highest BCUT2D eigenvalue weighted by molar-refractivity contribution is 5.74. The standard InChI is InChI=1S/C15H21FN2O2/c1-18(15(19)17-13-4-2-3-5-13)10-11-20-14-8-6-12(16)7-9-14/h6-9,13H,2-5,10-11H2,1H3,(H,17,19). The van der Waals surface area contributed by atoms with Gasteiger partial charge in [-0.1, -0.05) is 12.8 Å². The highest BCUT2D eigenvalue weighted by Gasteiger charge is 2.18. The molecular formula is C15H21FN2O2. The minimum atomic E-state index is -0.287. The number of carbonyl (C=O) groups is 1. The van der Waals surface area contributed by atoms with Gasteiger partial charge in [0.15, 0.2) is 0 Å². The van der Waals surface area contributed by atoms with E-state index in [2.05, 4.69) is 5.32 Å². The largest absolute Gasteiger partial charge is 0.492 e. The Kier molecular flexibility index (Phi) is 5.21. The first kappa shape index (κ1) is 14.6. The molecule has 1 fully saturated rings. The van der Waals surface area contributed by atoms with E-state index >= 15 is 0 Å². The van der Waals surface area contributed by atoms with Gasteiger partial charge in [-0.15, -0.1) is 0 Å². The van der Waals surface area contributed by atoms with Crippen LogP contribution in [0, 0.1) is 5.82 Å². The van der Waals surface area contributed by atoms with Gasteiger partial charge in [0.2, 0.25) is 0 Å². The number of urea groups is 1. The Balaban J connectivity index is 1.67. The van der Waals surface area contributed by atoms with Crippen LogP contribution in [0.3, 0.4) is 0 Å². The normalized spacial score (nSPS) is 15.1. The predicted octanol–water partition coefficient (Wildman–Crippen LogP) is 2.79. The summed E-state index contributed by atoms with van der Waals surface area (Å²) in [6.07, 6.45) is 4.54. The van der Waals surface area contributed by atoms with Gasteiger partial charge >= 0.3 is 6.03 Å². The molecule has 110 valence electrons. The summed E-state index contributed by atoms with van der Waals surface area (Å²) < 4.78 is 18.2. The van der Waals surface area contributed by atoms with E-state index in [-0.39, 0.29) is 11.8 Å². The Morgan fingerprint density at radius 1 is 1.35 bits per heavy atom. The quantitative estimate of drug-likeness (QED) is 0.901. The summed E-state index contributed by atoms with van der Waals surface area (Å²) in [6, 6.07) is 6.13. The summed E-state index contributed by atoms with van der Waals surface area (Å²) in [4.78, 5) is 13.5. The molecule has 0 bridgehead atoms. The maximum Gasteiger partial charge on any atom is 0.317 e. The lowest BCUT2D eigenvalue weighted by atomic mass is 10.2. The van der Waals surface area contributed by atoms with Gasteiger partial charge in [-0.25, -0.2) is 9.18 Å². The maximum atomic E-state index is 12.7. The number of likely N-dealkylation sites (N-methyl/N-ethyl adjacent to an activating group) is 1. The molecule has 0 aliphatic heterocycles. The molecule has 0 saturated heterocycles. The molecule has 0 heterocycles. The lowest BCUT2D eigenvalue weighted by Crippen LogP contribution is -2.43. The van der Waals surface area contributed by atoms with Crippen LogP contribution in [-0.4, -0.2) is 37.2 Å². The van der Waals surface area contributed by atoms with Crippen LogP contribution >= 0.6 is 0 Å². The van der Waals surface area contributed by atoms with Crippen LogP contribution in [-0.2, 0) is 0 Å². The van der Waals surface area contributed by atoms with Crippen LogP contribution in [0.1, 0.15) is 25.7 Å². The molecule has 0 spiro atoms. The summed E-state index contributed by atoms with van der Waals surface area (Å²) >= 11 is 0. The molecule has 20 heavy (non-hydrogen) atoms. The van der Waals surface area contributed by atoms with E-state index in [9.17, 15) is 9.18 Å². The second-order valence-electron chi connectivity index (χ2n) is 5.15. The number of nitrogens with zero attached hydrogens (tertiary/aromatic N) is 1. The van der Waals surface area contributed by atoms with Gasteiger partial charge in [0, 0.05) is 13.1 Å². The summed E-state index contributed by atoms with van der Waals surface area (Å²) in [5.41, 5.74) is 0. The van der Waals surface area contributed by atoms with Crippen molar-refractivity contribution >= 4 is 6.03 Å². The first-order valence-electron chi connectivity index (χ1n) is 7.05. The zero-order valence-corrected chi connectivity index (χ0v) is 11.8. The van der Waals surface area contributed by atoms with Gasteiger partial charge in [-0.2, -0.15) is 0 Å². The van der Waals surface area contributed by atoms with E-state index in [1.807, 2.05) is 0 Å². The molecule has 1 aliphatic carbocycles. The highest BCUT2D eigenvalue weighted by Crippen LogP contribution is 2.17. The monoisotopic (exact) mass is 280 g/mol. The van der Waals surface area contributed by atoms with Crippen LogP contribution in [0.25, 0.3) is 0 Å². The summed E-state index contributed by atoms with van der Waals surface area (Å²) in [5.74, 6) is 0.321. The van der Waals surface area contributed by atoms with Crippen LogP contribution in [0.5, 0.6) is 5.75 Å². The molecule has 4 nitrogen and oxygen atoms in total. The molecule has 5 heteroatoms. The number of amides is 2. The Labute approximate surface area is 118 Å². The van der Waals surface area contributed by atoms with Gasteiger partial charge in [0.1, 0.15) is 18.2 Å². The van der Waals surface area contributed by atoms with Crippen molar-refractivity contribution in [3.05, 3.63) is 30.1 Å². The van der Waals surface area contributed by atoms with E-state index < -0.39 is 0 Å². The molecule has 2 rings (SSSR count). The summed E-state index contributed by atoms with van der Waals surface area (Å²) in [6.45, 7) is 0.885. The Hall–Kier alpha value is -1.78. The number of halogens is 1. The minimum Gasteiger partial charge on any atom is -0.492 e. The molecule has 1 saturated carbocycles. The molecule has 0 aromatic heterocycles. The van der Waals surface area contributed by atoms with Crippen LogP contribution in [0.4, 0.5) is 9.18 Å². The zero-order valence-electron chi connectivity index (χ0n) is 11.8. The van der Waals surface area contributed by atoms with Gasteiger partial charge in [0.05, 0.1) is 6.54 Å². The fourth-order valence-electron chi connectivity index (χ4n) is 2.29. The Morgan fingerprint density at radius 2 is 2.00 bits per heavy atom. The number of carbonyl (C=O) groups excluding carboxylic acids is 1. The third-order valence-corrected chi connectivity index (χ3v) is 3.54. The van der Waals surface area contributed by atoms with E-state index in [1.54, 1.807) is 24.1 Å². The minimum absolute atomic E-state index is 0.0559. The van der Waals surface area contributed by atoms with E-state index in [0.717, 1.165) is 12.8 Å². The first-order valence-corrected chi connectivity index (χ1v) is 7.05. The van der Waals surface area contributed by atoms with Crippen molar-refractivity contribution in [3.8, 4) is 5.75 Å². The Bertz CT molecular complexity index is 430. The topological polar surface area (TPSA) is 41.6 Å². The SMILES string of the molecule is CN(CCOc1ccc(F)cc1)C(=O)NC1CCCC1. The fourth-order valence-corrected chi connectivity index (χ4v) is 2.29. The molecule has 1 N–H and O–H groups in total. The average Bonchev–Trinajstić information content (AvgIpc) is 2.93. The van der Waals surface area contributed by atoms with Crippen molar-refractivity contribution in [2.24, 2.45) is 0 Å². The predicted molar refractivity (Wildman–Crippen MR) is 75.3 cm³/mol. The summed E-state index contributed by atoms with van der Waals surface area (Å²) in [5, 5.41) is 3.02. The van der Waals surface area contributed by atoms with Gasteiger partial charge in [-0.3, -0.25) is 0 Å². The number of ether oxygens (including phenoxy) is 1. The second kappa shape index (κ2) is 7.12. The van der Waals surface area contributed by atoms with Gasteiger partial charge < -0.3 is 15.0 Å². The van der Waals surface area contributed by atoms with Crippen LogP contribution in [0.2, 0.25) is 0 Å². The van der Waals surface area contributed by atoms with Gasteiger partial charge in [-0.05, 0) is 37.1 Å². The third-order valence-electron chi connectivity index (χ3n) is 3.54. The van der Waals surface area contributed by atoms with E-state index in [1.165, 1.54) is 25.0 Å². The molecule has 1 aliphatic rings.